The summed E-state index contributed by atoms with van der Waals surface area (Å²) in [5.41, 5.74) is 5.20. The number of nitrogens with zero attached hydrogens (tertiary/aromatic N) is 5. The van der Waals surface area contributed by atoms with Crippen molar-refractivity contribution in [2.75, 3.05) is 10.7 Å². The first-order valence-corrected chi connectivity index (χ1v) is 15.1. The maximum absolute atomic E-state index is 12.9. The number of hydrogen-bond acceptors (Lipinski definition) is 6. The molecule has 1 aliphatic heterocycles. The molecule has 44 heavy (non-hydrogen) atoms. The first kappa shape index (κ1) is 31.2. The standard InChI is InChI=1S/C31H29F3N6O2S2/c1-18(2)25-14-5-19(3)15-26(25)40-27(41)16-44-30(40)37-29(43)36-20(4)21-6-8-22(9-7-21)28-35-17-39(38-28)23-10-12-24(13-11-23)42-31(32,33)34/h5-15,17-18,20H,16H2,1-4H3,(H,36,43). The summed E-state index contributed by atoms with van der Waals surface area (Å²) in [5, 5.41) is 8.51. The molecule has 1 fully saturated rings. The van der Waals surface area contributed by atoms with Gasteiger partial charge in [-0.2, -0.15) is 4.99 Å². The van der Waals surface area contributed by atoms with Crippen LogP contribution in [0.1, 0.15) is 49.4 Å². The molecule has 2 heterocycles. The first-order chi connectivity index (χ1) is 20.9. The van der Waals surface area contributed by atoms with Gasteiger partial charge in [-0.1, -0.05) is 62.0 Å². The van der Waals surface area contributed by atoms with Crippen LogP contribution in [-0.4, -0.2) is 43.1 Å². The van der Waals surface area contributed by atoms with Gasteiger partial charge in [0.1, 0.15) is 12.1 Å². The molecule has 1 atom stereocenters. The van der Waals surface area contributed by atoms with E-state index in [0.29, 0.717) is 22.4 Å². The van der Waals surface area contributed by atoms with Crippen molar-refractivity contribution in [2.45, 2.75) is 46.0 Å². The van der Waals surface area contributed by atoms with Gasteiger partial charge in [-0.15, -0.1) is 18.3 Å². The van der Waals surface area contributed by atoms with Gasteiger partial charge in [0.25, 0.3) is 0 Å². The number of rotatable bonds is 7. The number of thiocarbonyl (C=S) groups is 1. The summed E-state index contributed by atoms with van der Waals surface area (Å²) in [7, 11) is 0. The van der Waals surface area contributed by atoms with Crippen LogP contribution in [0.5, 0.6) is 5.75 Å². The lowest BCUT2D eigenvalue weighted by atomic mass is 9.99. The van der Waals surface area contributed by atoms with E-state index in [-0.39, 0.29) is 28.7 Å². The van der Waals surface area contributed by atoms with Crippen molar-refractivity contribution in [3.63, 3.8) is 0 Å². The number of thioether (sulfide) groups is 1. The second-order valence-corrected chi connectivity index (χ2v) is 11.8. The van der Waals surface area contributed by atoms with Crippen LogP contribution in [0.3, 0.4) is 0 Å². The fourth-order valence-electron chi connectivity index (χ4n) is 4.65. The number of anilines is 1. The number of amides is 1. The predicted molar refractivity (Wildman–Crippen MR) is 170 cm³/mol. The van der Waals surface area contributed by atoms with Gasteiger partial charge < -0.3 is 10.1 Å². The van der Waals surface area contributed by atoms with E-state index in [2.05, 4.69) is 45.0 Å². The predicted octanol–water partition coefficient (Wildman–Crippen LogP) is 7.34. The third kappa shape index (κ3) is 7.28. The molecule has 3 aromatic carbocycles. The minimum absolute atomic E-state index is 0.0313. The Labute approximate surface area is 262 Å². The Morgan fingerprint density at radius 3 is 2.43 bits per heavy atom. The van der Waals surface area contributed by atoms with Crippen LogP contribution in [0.15, 0.2) is 78.0 Å². The molecule has 1 aromatic heterocycles. The van der Waals surface area contributed by atoms with E-state index in [0.717, 1.165) is 27.9 Å². The van der Waals surface area contributed by atoms with Crippen molar-refractivity contribution in [3.05, 3.63) is 89.7 Å². The minimum Gasteiger partial charge on any atom is -0.406 e. The summed E-state index contributed by atoms with van der Waals surface area (Å²) >= 11 is 6.93. The summed E-state index contributed by atoms with van der Waals surface area (Å²) < 4.78 is 42.7. The zero-order valence-electron chi connectivity index (χ0n) is 24.3. The minimum atomic E-state index is -4.75. The second-order valence-electron chi connectivity index (χ2n) is 10.5. The van der Waals surface area contributed by atoms with Crippen LogP contribution >= 0.6 is 24.0 Å². The molecule has 1 amide bonds. The highest BCUT2D eigenvalue weighted by molar-refractivity contribution is 8.15. The summed E-state index contributed by atoms with van der Waals surface area (Å²) in [6, 6.07) is 18.9. The Balaban J connectivity index is 1.25. The number of aromatic nitrogens is 3. The zero-order valence-corrected chi connectivity index (χ0v) is 25.9. The van der Waals surface area contributed by atoms with Gasteiger partial charge in [0.2, 0.25) is 5.91 Å². The third-order valence-electron chi connectivity index (χ3n) is 6.85. The normalized spacial score (nSPS) is 15.2. The number of halogens is 3. The molecule has 13 heteroatoms. The van der Waals surface area contributed by atoms with E-state index in [1.807, 2.05) is 50.2 Å². The number of carbonyl (C=O) groups is 1. The molecule has 5 rings (SSSR count). The lowest BCUT2D eigenvalue weighted by molar-refractivity contribution is -0.274. The van der Waals surface area contributed by atoms with E-state index in [9.17, 15) is 18.0 Å². The van der Waals surface area contributed by atoms with Crippen molar-refractivity contribution >= 4 is 45.9 Å². The number of aryl methyl sites for hydroxylation is 1. The van der Waals surface area contributed by atoms with Crippen molar-refractivity contribution in [3.8, 4) is 22.8 Å². The zero-order chi connectivity index (χ0) is 31.6. The average molecular weight is 639 g/mol. The third-order valence-corrected chi connectivity index (χ3v) is 7.98. The maximum Gasteiger partial charge on any atom is 0.573 e. The SMILES string of the molecule is Cc1ccc(C(C)C)c(N2C(=O)CSC2=NC(=S)NC(C)c2ccc(-c3ncn(-c4ccc(OC(F)(F)F)cc4)n3)cc2)c1. The molecule has 228 valence electrons. The van der Waals surface area contributed by atoms with Crippen molar-refractivity contribution < 1.29 is 22.7 Å². The summed E-state index contributed by atoms with van der Waals surface area (Å²) in [4.78, 5) is 23.5. The fraction of sp³-hybridized carbons (Fsp3) is 0.258. The molecule has 1 aliphatic rings. The molecule has 0 radical (unpaired) electrons. The lowest BCUT2D eigenvalue weighted by Crippen LogP contribution is -2.32. The second kappa shape index (κ2) is 12.8. The van der Waals surface area contributed by atoms with Crippen molar-refractivity contribution in [1.29, 1.82) is 0 Å². The van der Waals surface area contributed by atoms with Crippen LogP contribution in [-0.2, 0) is 4.79 Å². The Kier molecular flexibility index (Phi) is 9.07. The molecule has 0 aliphatic carbocycles. The largest absolute Gasteiger partial charge is 0.573 e. The molecule has 4 aromatic rings. The molecular formula is C31H29F3N6O2S2. The summed E-state index contributed by atoms with van der Waals surface area (Å²) in [6.07, 6.45) is -3.27. The Bertz CT molecular complexity index is 1700. The summed E-state index contributed by atoms with van der Waals surface area (Å²) in [6.45, 7) is 8.15. The molecule has 0 saturated carbocycles. The van der Waals surface area contributed by atoms with Crippen LogP contribution < -0.4 is 15.0 Å². The molecule has 8 nitrogen and oxygen atoms in total. The van der Waals surface area contributed by atoms with E-state index >= 15 is 0 Å². The number of hydrogen-bond donors (Lipinski definition) is 1. The van der Waals surface area contributed by atoms with Crippen LogP contribution in [0.25, 0.3) is 17.1 Å². The number of benzene rings is 3. The topological polar surface area (TPSA) is 84.6 Å². The highest BCUT2D eigenvalue weighted by Gasteiger charge is 2.32. The molecule has 1 saturated heterocycles. The maximum atomic E-state index is 12.9. The Morgan fingerprint density at radius 2 is 1.77 bits per heavy atom. The molecular weight excluding hydrogens is 610 g/mol. The number of aliphatic imine (C=N–C) groups is 1. The van der Waals surface area contributed by atoms with Crippen LogP contribution in [0.2, 0.25) is 0 Å². The Hall–Kier alpha value is -4.23. The van der Waals surface area contributed by atoms with Gasteiger partial charge in [0.05, 0.1) is 23.2 Å². The Morgan fingerprint density at radius 1 is 1.07 bits per heavy atom. The average Bonchev–Trinajstić information content (AvgIpc) is 3.59. The van der Waals surface area contributed by atoms with Crippen LogP contribution in [0.4, 0.5) is 18.9 Å². The highest BCUT2D eigenvalue weighted by atomic mass is 32.2. The van der Waals surface area contributed by atoms with E-state index in [1.54, 1.807) is 4.90 Å². The van der Waals surface area contributed by atoms with E-state index in [1.165, 1.54) is 47.0 Å². The molecule has 1 unspecified atom stereocenters. The highest BCUT2D eigenvalue weighted by Crippen LogP contribution is 2.34. The first-order valence-electron chi connectivity index (χ1n) is 13.7. The summed E-state index contributed by atoms with van der Waals surface area (Å²) in [5.74, 6) is 0.637. The molecule has 0 bridgehead atoms. The number of amidine groups is 1. The van der Waals surface area contributed by atoms with E-state index < -0.39 is 6.36 Å². The fourth-order valence-corrected chi connectivity index (χ4v) is 5.83. The van der Waals surface area contributed by atoms with Gasteiger partial charge in [0, 0.05) is 5.56 Å². The molecule has 1 N–H and O–H groups in total. The van der Waals surface area contributed by atoms with Gasteiger partial charge in [-0.25, -0.2) is 9.67 Å². The number of carbonyl (C=O) groups excluding carboxylic acids is 1. The van der Waals surface area contributed by atoms with Gasteiger partial charge >= 0.3 is 6.36 Å². The van der Waals surface area contributed by atoms with Gasteiger partial charge in [-0.3, -0.25) is 9.69 Å². The number of ether oxygens (including phenoxy) is 1. The lowest BCUT2D eigenvalue weighted by Gasteiger charge is -2.22. The van der Waals surface area contributed by atoms with Gasteiger partial charge in [0.15, 0.2) is 16.1 Å². The van der Waals surface area contributed by atoms with Crippen molar-refractivity contribution in [2.24, 2.45) is 4.99 Å². The van der Waals surface area contributed by atoms with Crippen LogP contribution in [0, 0.1) is 6.92 Å². The number of alkyl halides is 3. The van der Waals surface area contributed by atoms with E-state index in [4.69, 9.17) is 12.2 Å². The van der Waals surface area contributed by atoms with Crippen molar-refractivity contribution in [1.82, 2.24) is 20.1 Å². The monoisotopic (exact) mass is 638 g/mol. The van der Waals surface area contributed by atoms with Gasteiger partial charge in [-0.05, 0) is 79.0 Å². The molecule has 0 spiro atoms. The smallest absolute Gasteiger partial charge is 0.406 e. The quantitative estimate of drug-likeness (QED) is 0.212. The number of nitrogens with one attached hydrogen (secondary N) is 1.